The molecule has 0 saturated heterocycles. The highest BCUT2D eigenvalue weighted by molar-refractivity contribution is 6.30. The van der Waals surface area contributed by atoms with Crippen molar-refractivity contribution in [2.24, 2.45) is 17.2 Å². The predicted octanol–water partition coefficient (Wildman–Crippen LogP) is 1.11. The van der Waals surface area contributed by atoms with Crippen molar-refractivity contribution in [3.8, 4) is 11.1 Å². The van der Waals surface area contributed by atoms with E-state index >= 15 is 0 Å². The first-order valence-corrected chi connectivity index (χ1v) is 9.92. The normalized spacial score (nSPS) is 12.6. The third-order valence-corrected chi connectivity index (χ3v) is 4.82. The molecule has 2 amide bonds. The number of benzene rings is 2. The number of guanidine groups is 1. The summed E-state index contributed by atoms with van der Waals surface area (Å²) in [5, 5.41) is 13.0. The van der Waals surface area contributed by atoms with Gasteiger partial charge in [-0.05, 0) is 48.1 Å². The van der Waals surface area contributed by atoms with Crippen LogP contribution in [0.5, 0.6) is 0 Å². The van der Waals surface area contributed by atoms with E-state index in [0.717, 1.165) is 16.7 Å². The number of amides is 2. The number of halogens is 1. The molecular weight excluding hydrogens is 404 g/mol. The van der Waals surface area contributed by atoms with Crippen LogP contribution in [-0.4, -0.2) is 36.4 Å². The van der Waals surface area contributed by atoms with Gasteiger partial charge in [0, 0.05) is 11.6 Å². The van der Waals surface area contributed by atoms with Crippen LogP contribution in [0.15, 0.2) is 48.5 Å². The van der Waals surface area contributed by atoms with Crippen LogP contribution in [0.2, 0.25) is 5.02 Å². The Balaban J connectivity index is 1.89. The van der Waals surface area contributed by atoms with Gasteiger partial charge in [-0.25, -0.2) is 0 Å². The molecule has 0 bridgehead atoms. The lowest BCUT2D eigenvalue weighted by Gasteiger charge is -2.19. The Hall–Kier alpha value is -3.10. The summed E-state index contributed by atoms with van der Waals surface area (Å²) in [5.41, 5.74) is 19.6. The first kappa shape index (κ1) is 23.2. The van der Waals surface area contributed by atoms with Crippen LogP contribution in [-0.2, 0) is 16.0 Å². The van der Waals surface area contributed by atoms with E-state index in [1.807, 2.05) is 48.5 Å². The van der Waals surface area contributed by atoms with Gasteiger partial charge in [0.15, 0.2) is 5.96 Å². The van der Waals surface area contributed by atoms with Crippen LogP contribution in [0.1, 0.15) is 18.4 Å². The molecule has 9 heteroatoms. The molecule has 2 aromatic carbocycles. The van der Waals surface area contributed by atoms with Gasteiger partial charge in [0.05, 0.1) is 6.04 Å². The zero-order valence-electron chi connectivity index (χ0n) is 16.5. The second-order valence-corrected chi connectivity index (χ2v) is 7.40. The molecule has 0 radical (unpaired) electrons. The largest absolute Gasteiger partial charge is 0.370 e. The standard InChI is InChI=1S/C21H27ClN6O2/c22-16-9-7-15(8-10-16)14-5-3-13(4-6-14)12-17(23)20(30)28-18(19(24)29)2-1-11-27-21(25)26/h3-10,17-18H,1-2,11-12,23H2,(H2,24,29)(H,28,30)(H4,25,26,27)/t17-,18-/m1/s1. The zero-order chi connectivity index (χ0) is 22.1. The highest BCUT2D eigenvalue weighted by Gasteiger charge is 2.21. The average molecular weight is 431 g/mol. The molecule has 0 spiro atoms. The van der Waals surface area contributed by atoms with Crippen LogP contribution in [0.25, 0.3) is 11.1 Å². The monoisotopic (exact) mass is 430 g/mol. The molecule has 0 aliphatic rings. The number of rotatable bonds is 10. The van der Waals surface area contributed by atoms with Gasteiger partial charge >= 0.3 is 0 Å². The second-order valence-electron chi connectivity index (χ2n) is 6.96. The summed E-state index contributed by atoms with van der Waals surface area (Å²) < 4.78 is 0. The summed E-state index contributed by atoms with van der Waals surface area (Å²) in [6.07, 6.45) is 1.16. The molecule has 0 aliphatic carbocycles. The first-order chi connectivity index (χ1) is 14.3. The minimum atomic E-state index is -0.829. The molecule has 30 heavy (non-hydrogen) atoms. The van der Waals surface area contributed by atoms with E-state index in [-0.39, 0.29) is 5.96 Å². The SMILES string of the molecule is N=C(N)NCCC[C@@H](NC(=O)[C@H](N)Cc1ccc(-c2ccc(Cl)cc2)cc1)C(N)=O. The molecule has 9 N–H and O–H groups in total. The molecule has 2 atom stereocenters. The van der Waals surface area contributed by atoms with Gasteiger partial charge < -0.3 is 27.8 Å². The van der Waals surface area contributed by atoms with Gasteiger partial charge in [-0.1, -0.05) is 48.0 Å². The summed E-state index contributed by atoms with van der Waals surface area (Å²) in [6.45, 7) is 0.404. The number of hydrogen-bond acceptors (Lipinski definition) is 4. The minimum Gasteiger partial charge on any atom is -0.370 e. The predicted molar refractivity (Wildman–Crippen MR) is 119 cm³/mol. The van der Waals surface area contributed by atoms with Crippen molar-refractivity contribution in [3.05, 3.63) is 59.1 Å². The van der Waals surface area contributed by atoms with E-state index in [1.165, 1.54) is 0 Å². The van der Waals surface area contributed by atoms with Crippen molar-refractivity contribution < 1.29 is 9.59 Å². The maximum absolute atomic E-state index is 12.4. The minimum absolute atomic E-state index is 0.154. The van der Waals surface area contributed by atoms with Gasteiger partial charge in [0.1, 0.15) is 6.04 Å². The summed E-state index contributed by atoms with van der Waals surface area (Å²) in [4.78, 5) is 24.0. The maximum atomic E-state index is 12.4. The van der Waals surface area contributed by atoms with Crippen molar-refractivity contribution in [2.45, 2.75) is 31.3 Å². The summed E-state index contributed by atoms with van der Waals surface area (Å²) in [5.74, 6) is -1.23. The second kappa shape index (κ2) is 11.2. The van der Waals surface area contributed by atoms with Gasteiger partial charge in [-0.15, -0.1) is 0 Å². The fourth-order valence-corrected chi connectivity index (χ4v) is 3.04. The highest BCUT2D eigenvalue weighted by Crippen LogP contribution is 2.22. The Morgan fingerprint density at radius 3 is 2.10 bits per heavy atom. The number of nitrogens with one attached hydrogen (secondary N) is 3. The molecule has 0 heterocycles. The molecule has 2 aromatic rings. The van der Waals surface area contributed by atoms with Crippen LogP contribution in [0.3, 0.4) is 0 Å². The molecule has 160 valence electrons. The average Bonchev–Trinajstić information content (AvgIpc) is 2.71. The van der Waals surface area contributed by atoms with E-state index in [1.54, 1.807) is 0 Å². The Kier molecular flexibility index (Phi) is 8.64. The summed E-state index contributed by atoms with van der Waals surface area (Å²) in [7, 11) is 0. The lowest BCUT2D eigenvalue weighted by atomic mass is 10.0. The lowest BCUT2D eigenvalue weighted by molar-refractivity contribution is -0.128. The molecule has 0 aromatic heterocycles. The number of carbonyl (C=O) groups is 2. The third kappa shape index (κ3) is 7.38. The lowest BCUT2D eigenvalue weighted by Crippen LogP contribution is -2.51. The first-order valence-electron chi connectivity index (χ1n) is 9.54. The Labute approximate surface area is 180 Å². The van der Waals surface area contributed by atoms with Crippen LogP contribution in [0.4, 0.5) is 0 Å². The molecule has 0 unspecified atom stereocenters. The van der Waals surface area contributed by atoms with Gasteiger partial charge in [0.2, 0.25) is 11.8 Å². The smallest absolute Gasteiger partial charge is 0.240 e. The number of primary amides is 1. The number of nitrogens with two attached hydrogens (primary N) is 3. The quantitative estimate of drug-likeness (QED) is 0.189. The van der Waals surface area contributed by atoms with E-state index < -0.39 is 23.9 Å². The van der Waals surface area contributed by atoms with E-state index in [2.05, 4.69) is 10.6 Å². The maximum Gasteiger partial charge on any atom is 0.240 e. The van der Waals surface area contributed by atoms with Crippen molar-refractivity contribution in [3.63, 3.8) is 0 Å². The van der Waals surface area contributed by atoms with Crippen LogP contribution in [0, 0.1) is 5.41 Å². The third-order valence-electron chi connectivity index (χ3n) is 4.57. The highest BCUT2D eigenvalue weighted by atomic mass is 35.5. The summed E-state index contributed by atoms with van der Waals surface area (Å²) >= 11 is 5.92. The molecule has 0 fully saturated rings. The van der Waals surface area contributed by atoms with Crippen molar-refractivity contribution >= 4 is 29.4 Å². The van der Waals surface area contributed by atoms with E-state index in [4.69, 9.17) is 34.2 Å². The zero-order valence-corrected chi connectivity index (χ0v) is 17.3. The van der Waals surface area contributed by atoms with E-state index in [0.29, 0.717) is 30.8 Å². The van der Waals surface area contributed by atoms with Crippen molar-refractivity contribution in [1.29, 1.82) is 5.41 Å². The Morgan fingerprint density at radius 1 is 1.00 bits per heavy atom. The molecular formula is C21H27ClN6O2. The Morgan fingerprint density at radius 2 is 1.57 bits per heavy atom. The topological polar surface area (TPSA) is 160 Å². The fraction of sp³-hybridized carbons (Fsp3) is 0.286. The summed E-state index contributed by atoms with van der Waals surface area (Å²) in [6, 6.07) is 13.6. The van der Waals surface area contributed by atoms with Crippen LogP contribution < -0.4 is 27.8 Å². The number of carbonyl (C=O) groups excluding carboxylic acids is 2. The van der Waals surface area contributed by atoms with Gasteiger partial charge in [0.25, 0.3) is 0 Å². The molecule has 8 nitrogen and oxygen atoms in total. The molecule has 0 saturated carbocycles. The molecule has 2 rings (SSSR count). The van der Waals surface area contributed by atoms with Crippen molar-refractivity contribution in [1.82, 2.24) is 10.6 Å². The van der Waals surface area contributed by atoms with Gasteiger partial charge in [-0.2, -0.15) is 0 Å². The van der Waals surface area contributed by atoms with Gasteiger partial charge in [-0.3, -0.25) is 15.0 Å². The van der Waals surface area contributed by atoms with Crippen LogP contribution >= 0.6 is 11.6 Å². The number of hydrogen-bond donors (Lipinski definition) is 6. The fourth-order valence-electron chi connectivity index (χ4n) is 2.92. The van der Waals surface area contributed by atoms with E-state index in [9.17, 15) is 9.59 Å². The van der Waals surface area contributed by atoms with Crippen molar-refractivity contribution in [2.75, 3.05) is 6.54 Å². The Bertz CT molecular complexity index is 870. The molecule has 0 aliphatic heterocycles.